The van der Waals surface area contributed by atoms with Gasteiger partial charge in [0.1, 0.15) is 11.6 Å². The van der Waals surface area contributed by atoms with E-state index in [9.17, 15) is 17.9 Å². The molecule has 0 spiro atoms. The smallest absolute Gasteiger partial charge is 0.211 e. The van der Waals surface area contributed by atoms with E-state index in [0.29, 0.717) is 31.1 Å². The molecule has 3 atom stereocenters. The van der Waals surface area contributed by atoms with Gasteiger partial charge in [-0.25, -0.2) is 17.5 Å². The van der Waals surface area contributed by atoms with Crippen LogP contribution in [-0.2, 0) is 10.0 Å². The number of phenolic OH excluding ortho intramolecular Hbond substituents is 1. The molecule has 7 heteroatoms. The first kappa shape index (κ1) is 30.9. The molecule has 3 N–H and O–H groups in total. The summed E-state index contributed by atoms with van der Waals surface area (Å²) in [6.07, 6.45) is 5.06. The van der Waals surface area contributed by atoms with Gasteiger partial charge in [0, 0.05) is 19.2 Å². The van der Waals surface area contributed by atoms with Crippen LogP contribution in [-0.4, -0.2) is 32.4 Å². The van der Waals surface area contributed by atoms with Crippen LogP contribution in [0.15, 0.2) is 48.5 Å². The Morgan fingerprint density at radius 1 is 1.06 bits per heavy atom. The average Bonchev–Trinajstić information content (AvgIpc) is 2.84. The molecule has 198 valence electrons. The standard InChI is InChI=1S/C18H29FN2O3S.C6H6.C4H10/c1-4-7-25(23,24)21-10-12(2)5-6-14-11-20-18-16(13(14)3)8-15(22)9-17(18)19;1-2-4-6-5-3-1;1-3-4-2/h8-9,12-14,20-22H,4-7,10-11H2,1-3H3;1-6H;3-4H2,1-2H3. The van der Waals surface area contributed by atoms with E-state index < -0.39 is 15.8 Å². The molecule has 2 aromatic rings. The van der Waals surface area contributed by atoms with Crippen molar-refractivity contribution >= 4 is 15.7 Å². The number of rotatable bonds is 9. The number of unbranched alkanes of at least 4 members (excludes halogenated alkanes) is 1. The van der Waals surface area contributed by atoms with Crippen molar-refractivity contribution < 1.29 is 17.9 Å². The summed E-state index contributed by atoms with van der Waals surface area (Å²) in [5, 5.41) is 12.8. The summed E-state index contributed by atoms with van der Waals surface area (Å²) >= 11 is 0. The van der Waals surface area contributed by atoms with Crippen molar-refractivity contribution in [1.29, 1.82) is 0 Å². The monoisotopic (exact) mass is 508 g/mol. The molecule has 3 unspecified atom stereocenters. The van der Waals surface area contributed by atoms with Crippen molar-refractivity contribution in [2.75, 3.05) is 24.2 Å². The second-order valence-electron chi connectivity index (χ2n) is 9.33. The molecule has 3 rings (SSSR count). The van der Waals surface area contributed by atoms with E-state index in [1.54, 1.807) is 6.07 Å². The van der Waals surface area contributed by atoms with Crippen molar-refractivity contribution in [2.24, 2.45) is 11.8 Å². The summed E-state index contributed by atoms with van der Waals surface area (Å²) in [5.41, 5.74) is 1.30. The van der Waals surface area contributed by atoms with E-state index in [1.807, 2.05) is 50.2 Å². The minimum atomic E-state index is -3.16. The highest BCUT2D eigenvalue weighted by Gasteiger charge is 2.28. The molecule has 0 saturated carbocycles. The highest BCUT2D eigenvalue weighted by Crippen LogP contribution is 2.40. The Kier molecular flexibility index (Phi) is 14.6. The van der Waals surface area contributed by atoms with E-state index in [2.05, 4.69) is 30.8 Å². The third-order valence-electron chi connectivity index (χ3n) is 6.17. The summed E-state index contributed by atoms with van der Waals surface area (Å²) < 4.78 is 40.0. The van der Waals surface area contributed by atoms with E-state index in [4.69, 9.17) is 0 Å². The maximum Gasteiger partial charge on any atom is 0.211 e. The first-order valence-corrected chi connectivity index (χ1v) is 14.5. The largest absolute Gasteiger partial charge is 0.508 e. The SMILES string of the molecule is CCCC.CCCS(=O)(=O)NCC(C)CCC1CNc2c(F)cc(O)cc2C1C.c1ccccc1. The van der Waals surface area contributed by atoms with Crippen LogP contribution < -0.4 is 10.0 Å². The molecule has 5 nitrogen and oxygen atoms in total. The maximum absolute atomic E-state index is 13.9. The van der Waals surface area contributed by atoms with E-state index in [-0.39, 0.29) is 23.3 Å². The van der Waals surface area contributed by atoms with Gasteiger partial charge in [-0.15, -0.1) is 0 Å². The number of hydrogen-bond acceptors (Lipinski definition) is 4. The zero-order valence-corrected chi connectivity index (χ0v) is 22.9. The Morgan fingerprint density at radius 2 is 1.63 bits per heavy atom. The van der Waals surface area contributed by atoms with Gasteiger partial charge in [0.15, 0.2) is 0 Å². The second-order valence-corrected chi connectivity index (χ2v) is 11.3. The number of sulfonamides is 1. The van der Waals surface area contributed by atoms with Crippen LogP contribution in [0.2, 0.25) is 0 Å². The predicted molar refractivity (Wildman–Crippen MR) is 146 cm³/mol. The molecule has 0 radical (unpaired) electrons. The van der Waals surface area contributed by atoms with Gasteiger partial charge in [0.25, 0.3) is 0 Å². The van der Waals surface area contributed by atoms with Gasteiger partial charge < -0.3 is 10.4 Å². The molecule has 2 aromatic carbocycles. The molecule has 1 aliphatic heterocycles. The summed E-state index contributed by atoms with van der Waals surface area (Å²) in [6.45, 7) is 11.4. The number of anilines is 1. The molecule has 35 heavy (non-hydrogen) atoms. The Bertz CT molecular complexity index is 910. The average molecular weight is 509 g/mol. The highest BCUT2D eigenvalue weighted by molar-refractivity contribution is 7.89. The molecule has 0 aromatic heterocycles. The lowest BCUT2D eigenvalue weighted by Gasteiger charge is -2.33. The second kappa shape index (κ2) is 16.5. The predicted octanol–water partition coefficient (Wildman–Crippen LogP) is 6.92. The number of nitrogens with one attached hydrogen (secondary N) is 2. The van der Waals surface area contributed by atoms with Crippen LogP contribution in [0, 0.1) is 17.7 Å². The van der Waals surface area contributed by atoms with Crippen LogP contribution in [0.3, 0.4) is 0 Å². The van der Waals surface area contributed by atoms with E-state index >= 15 is 0 Å². The minimum Gasteiger partial charge on any atom is -0.508 e. The molecule has 0 amide bonds. The van der Waals surface area contributed by atoms with Gasteiger partial charge in [-0.05, 0) is 48.6 Å². The van der Waals surface area contributed by atoms with Crippen molar-refractivity contribution in [1.82, 2.24) is 4.72 Å². The van der Waals surface area contributed by atoms with Gasteiger partial charge in [-0.2, -0.15) is 0 Å². The number of halogens is 1. The Hall–Kier alpha value is -2.12. The number of fused-ring (bicyclic) bond motifs is 1. The van der Waals surface area contributed by atoms with Crippen molar-refractivity contribution in [3.05, 3.63) is 59.9 Å². The van der Waals surface area contributed by atoms with Crippen LogP contribution in [0.1, 0.15) is 78.2 Å². The fourth-order valence-corrected chi connectivity index (χ4v) is 4.99. The molecular weight excluding hydrogens is 463 g/mol. The van der Waals surface area contributed by atoms with E-state index in [1.165, 1.54) is 12.8 Å². The topological polar surface area (TPSA) is 78.4 Å². The third-order valence-corrected chi connectivity index (χ3v) is 7.72. The van der Waals surface area contributed by atoms with Crippen LogP contribution in [0.25, 0.3) is 0 Å². The minimum absolute atomic E-state index is 0.0516. The fraction of sp³-hybridized carbons (Fsp3) is 0.571. The van der Waals surface area contributed by atoms with Crippen LogP contribution in [0.4, 0.5) is 10.1 Å². The van der Waals surface area contributed by atoms with Crippen molar-refractivity contribution in [3.8, 4) is 5.75 Å². The van der Waals surface area contributed by atoms with Crippen LogP contribution >= 0.6 is 0 Å². The summed E-state index contributed by atoms with van der Waals surface area (Å²) in [6, 6.07) is 14.8. The Morgan fingerprint density at radius 3 is 2.14 bits per heavy atom. The number of phenols is 1. The van der Waals surface area contributed by atoms with Gasteiger partial charge >= 0.3 is 0 Å². The third kappa shape index (κ3) is 11.9. The molecule has 0 aliphatic carbocycles. The Balaban J connectivity index is 0.000000508. The summed E-state index contributed by atoms with van der Waals surface area (Å²) in [7, 11) is -3.16. The summed E-state index contributed by atoms with van der Waals surface area (Å²) in [5.74, 6) is 0.393. The lowest BCUT2D eigenvalue weighted by Crippen LogP contribution is -2.31. The van der Waals surface area contributed by atoms with Gasteiger partial charge in [-0.1, -0.05) is 83.9 Å². The maximum atomic E-state index is 13.9. The highest BCUT2D eigenvalue weighted by atomic mass is 32.2. The zero-order valence-electron chi connectivity index (χ0n) is 22.1. The molecule has 0 fully saturated rings. The molecule has 1 heterocycles. The lowest BCUT2D eigenvalue weighted by atomic mass is 9.79. The normalized spacial score (nSPS) is 17.5. The van der Waals surface area contributed by atoms with Gasteiger partial charge in [0.05, 0.1) is 11.4 Å². The molecule has 0 saturated heterocycles. The van der Waals surface area contributed by atoms with Gasteiger partial charge in [0.2, 0.25) is 10.0 Å². The van der Waals surface area contributed by atoms with Gasteiger partial charge in [-0.3, -0.25) is 0 Å². The molecule has 0 bridgehead atoms. The quantitative estimate of drug-likeness (QED) is 0.321. The number of hydrogen-bond donors (Lipinski definition) is 3. The molecular formula is C28H45FN2O3S. The first-order valence-electron chi connectivity index (χ1n) is 12.9. The summed E-state index contributed by atoms with van der Waals surface area (Å²) in [4.78, 5) is 0. The van der Waals surface area contributed by atoms with Crippen LogP contribution in [0.5, 0.6) is 5.75 Å². The molecule has 1 aliphatic rings. The van der Waals surface area contributed by atoms with Crippen molar-refractivity contribution in [2.45, 2.75) is 72.6 Å². The fourth-order valence-electron chi connectivity index (χ4n) is 3.77. The first-order chi connectivity index (χ1) is 16.6. The number of benzene rings is 2. The number of aromatic hydroxyl groups is 1. The lowest BCUT2D eigenvalue weighted by molar-refractivity contribution is 0.368. The van der Waals surface area contributed by atoms with E-state index in [0.717, 1.165) is 24.5 Å². The van der Waals surface area contributed by atoms with Crippen molar-refractivity contribution in [3.63, 3.8) is 0 Å². The zero-order chi connectivity index (χ0) is 26.3. The Labute approximate surface area is 212 Å².